The minimum absolute atomic E-state index is 0.107. The van der Waals surface area contributed by atoms with E-state index in [0.717, 1.165) is 5.69 Å². The molecule has 1 unspecified atom stereocenters. The van der Waals surface area contributed by atoms with Gasteiger partial charge >= 0.3 is 5.69 Å². The SMILES string of the molecule is CCn1ncc(Cl)c1CN(C)C(=O)C(C)n1cc([N+](=O)[O-])c(C)n1. The second kappa shape index (κ2) is 7.00. The van der Waals surface area contributed by atoms with Crippen molar-refractivity contribution in [1.82, 2.24) is 24.5 Å². The third-order valence-electron chi connectivity index (χ3n) is 3.80. The normalized spacial score (nSPS) is 12.2. The molecule has 2 heterocycles. The first-order chi connectivity index (χ1) is 11.3. The minimum atomic E-state index is -0.667. The number of nitro groups is 1. The molecule has 130 valence electrons. The number of carbonyl (C=O) groups excluding carboxylic acids is 1. The lowest BCUT2D eigenvalue weighted by Crippen LogP contribution is -2.33. The number of nitrogens with zero attached hydrogens (tertiary/aromatic N) is 6. The Bertz CT molecular complexity index is 769. The molecular formula is C14H19ClN6O3. The molecule has 0 spiro atoms. The van der Waals surface area contributed by atoms with Crippen LogP contribution in [0.25, 0.3) is 0 Å². The topological polar surface area (TPSA) is 99.1 Å². The molecule has 2 rings (SSSR count). The second-order valence-electron chi connectivity index (χ2n) is 5.46. The Labute approximate surface area is 144 Å². The average Bonchev–Trinajstić information content (AvgIpc) is 3.09. The first-order valence-corrected chi connectivity index (χ1v) is 7.79. The largest absolute Gasteiger partial charge is 0.338 e. The van der Waals surface area contributed by atoms with Gasteiger partial charge in [-0.25, -0.2) is 0 Å². The summed E-state index contributed by atoms with van der Waals surface area (Å²) >= 11 is 6.11. The van der Waals surface area contributed by atoms with E-state index in [-0.39, 0.29) is 23.8 Å². The van der Waals surface area contributed by atoms with Crippen molar-refractivity contribution < 1.29 is 9.72 Å². The lowest BCUT2D eigenvalue weighted by molar-refractivity contribution is -0.385. The average molecular weight is 355 g/mol. The van der Waals surface area contributed by atoms with Gasteiger partial charge in [0, 0.05) is 13.6 Å². The first-order valence-electron chi connectivity index (χ1n) is 7.41. The van der Waals surface area contributed by atoms with Crippen molar-refractivity contribution in [3.8, 4) is 0 Å². The van der Waals surface area contributed by atoms with Crippen LogP contribution in [0.15, 0.2) is 12.4 Å². The molecule has 0 fully saturated rings. The van der Waals surface area contributed by atoms with Crippen LogP contribution in [0.1, 0.15) is 31.3 Å². The molecule has 0 saturated carbocycles. The summed E-state index contributed by atoms with van der Waals surface area (Å²) in [6.07, 6.45) is 2.82. The molecule has 0 aliphatic rings. The van der Waals surface area contributed by atoms with E-state index in [9.17, 15) is 14.9 Å². The smallest absolute Gasteiger partial charge is 0.309 e. The number of aromatic nitrogens is 4. The van der Waals surface area contributed by atoms with Gasteiger partial charge in [-0.3, -0.25) is 24.3 Å². The zero-order chi connectivity index (χ0) is 18.0. The van der Waals surface area contributed by atoms with Crippen molar-refractivity contribution in [3.05, 3.63) is 38.9 Å². The van der Waals surface area contributed by atoms with Crippen molar-refractivity contribution in [2.45, 2.75) is 39.9 Å². The first kappa shape index (κ1) is 17.9. The standard InChI is InChI=1S/C14H19ClN6O3/c1-5-19-13(11(15)6-16-19)7-18(4)14(22)10(3)20-8-12(21(23)24)9(2)17-20/h6,8,10H,5,7H2,1-4H3. The predicted octanol–water partition coefficient (Wildman–Crippen LogP) is 2.19. The van der Waals surface area contributed by atoms with Crippen molar-refractivity contribution in [2.24, 2.45) is 0 Å². The molecule has 0 aromatic carbocycles. The highest BCUT2D eigenvalue weighted by Gasteiger charge is 2.25. The van der Waals surface area contributed by atoms with Crippen LogP contribution in [0.5, 0.6) is 0 Å². The minimum Gasteiger partial charge on any atom is -0.338 e. The van der Waals surface area contributed by atoms with E-state index >= 15 is 0 Å². The second-order valence-corrected chi connectivity index (χ2v) is 5.87. The Morgan fingerprint density at radius 3 is 2.75 bits per heavy atom. The van der Waals surface area contributed by atoms with Crippen LogP contribution in [0.2, 0.25) is 5.02 Å². The molecule has 0 aliphatic carbocycles. The lowest BCUT2D eigenvalue weighted by atomic mass is 10.3. The summed E-state index contributed by atoms with van der Waals surface area (Å²) < 4.78 is 3.03. The van der Waals surface area contributed by atoms with Crippen LogP contribution in [-0.4, -0.2) is 42.3 Å². The van der Waals surface area contributed by atoms with Crippen molar-refractivity contribution in [3.63, 3.8) is 0 Å². The Balaban J connectivity index is 2.16. The van der Waals surface area contributed by atoms with E-state index in [1.54, 1.807) is 24.9 Å². The van der Waals surface area contributed by atoms with Crippen LogP contribution in [0, 0.1) is 17.0 Å². The Morgan fingerprint density at radius 2 is 2.21 bits per heavy atom. The molecule has 24 heavy (non-hydrogen) atoms. The van der Waals surface area contributed by atoms with E-state index in [4.69, 9.17) is 11.6 Å². The Hall–Kier alpha value is -2.42. The molecule has 0 radical (unpaired) electrons. The molecule has 0 bridgehead atoms. The summed E-state index contributed by atoms with van der Waals surface area (Å²) in [4.78, 5) is 24.5. The van der Waals surface area contributed by atoms with Crippen LogP contribution in [-0.2, 0) is 17.9 Å². The van der Waals surface area contributed by atoms with E-state index in [1.807, 2.05) is 6.92 Å². The summed E-state index contributed by atoms with van der Waals surface area (Å²) in [6.45, 7) is 6.05. The number of halogens is 1. The van der Waals surface area contributed by atoms with E-state index in [0.29, 0.717) is 11.6 Å². The van der Waals surface area contributed by atoms with Gasteiger partial charge in [0.2, 0.25) is 5.91 Å². The molecular weight excluding hydrogens is 336 g/mol. The highest BCUT2D eigenvalue weighted by atomic mass is 35.5. The Kier molecular flexibility index (Phi) is 5.23. The molecule has 2 aromatic heterocycles. The Morgan fingerprint density at radius 1 is 1.54 bits per heavy atom. The summed E-state index contributed by atoms with van der Waals surface area (Å²) in [6, 6.07) is -0.667. The van der Waals surface area contributed by atoms with Gasteiger partial charge < -0.3 is 4.90 Å². The van der Waals surface area contributed by atoms with Crippen LogP contribution in [0.3, 0.4) is 0 Å². The molecule has 10 heteroatoms. The van der Waals surface area contributed by atoms with Gasteiger partial charge in [0.1, 0.15) is 17.9 Å². The highest BCUT2D eigenvalue weighted by molar-refractivity contribution is 6.31. The number of hydrogen-bond donors (Lipinski definition) is 0. The van der Waals surface area contributed by atoms with Gasteiger partial charge in [0.25, 0.3) is 0 Å². The predicted molar refractivity (Wildman–Crippen MR) is 87.7 cm³/mol. The maximum atomic E-state index is 12.6. The fourth-order valence-corrected chi connectivity index (χ4v) is 2.60. The van der Waals surface area contributed by atoms with E-state index < -0.39 is 11.0 Å². The maximum Gasteiger partial charge on any atom is 0.309 e. The summed E-state index contributed by atoms with van der Waals surface area (Å²) in [5.41, 5.74) is 0.906. The number of rotatable bonds is 6. The van der Waals surface area contributed by atoms with Crippen LogP contribution in [0.4, 0.5) is 5.69 Å². The monoisotopic (exact) mass is 354 g/mol. The highest BCUT2D eigenvalue weighted by Crippen LogP contribution is 2.21. The van der Waals surface area contributed by atoms with Crippen LogP contribution >= 0.6 is 11.6 Å². The zero-order valence-electron chi connectivity index (χ0n) is 13.9. The third kappa shape index (κ3) is 3.40. The van der Waals surface area contributed by atoms with E-state index in [2.05, 4.69) is 10.2 Å². The molecule has 1 atom stereocenters. The number of amides is 1. The van der Waals surface area contributed by atoms with Crippen molar-refractivity contribution in [2.75, 3.05) is 7.05 Å². The maximum absolute atomic E-state index is 12.6. The molecule has 0 saturated heterocycles. The summed E-state index contributed by atoms with van der Waals surface area (Å²) in [5, 5.41) is 19.6. The summed E-state index contributed by atoms with van der Waals surface area (Å²) in [5.74, 6) is -0.229. The quantitative estimate of drug-likeness (QED) is 0.584. The van der Waals surface area contributed by atoms with Crippen LogP contribution < -0.4 is 0 Å². The third-order valence-corrected chi connectivity index (χ3v) is 4.12. The van der Waals surface area contributed by atoms with Gasteiger partial charge in [0.05, 0.1) is 28.4 Å². The molecule has 0 aliphatic heterocycles. The summed E-state index contributed by atoms with van der Waals surface area (Å²) in [7, 11) is 1.65. The van der Waals surface area contributed by atoms with Gasteiger partial charge in [-0.05, 0) is 20.8 Å². The molecule has 9 nitrogen and oxygen atoms in total. The van der Waals surface area contributed by atoms with Crippen molar-refractivity contribution >= 4 is 23.2 Å². The van der Waals surface area contributed by atoms with Gasteiger partial charge in [-0.2, -0.15) is 10.2 Å². The van der Waals surface area contributed by atoms with Gasteiger partial charge in [-0.15, -0.1) is 0 Å². The van der Waals surface area contributed by atoms with Crippen molar-refractivity contribution in [1.29, 1.82) is 0 Å². The van der Waals surface area contributed by atoms with Gasteiger partial charge in [-0.1, -0.05) is 11.6 Å². The molecule has 1 amide bonds. The van der Waals surface area contributed by atoms with E-state index in [1.165, 1.54) is 22.7 Å². The molecule has 2 aromatic rings. The molecule has 0 N–H and O–H groups in total. The van der Waals surface area contributed by atoms with Gasteiger partial charge in [0.15, 0.2) is 0 Å². The fraction of sp³-hybridized carbons (Fsp3) is 0.500. The zero-order valence-corrected chi connectivity index (χ0v) is 14.7. The number of hydrogen-bond acceptors (Lipinski definition) is 5. The number of carbonyl (C=O) groups is 1. The lowest BCUT2D eigenvalue weighted by Gasteiger charge is -2.22. The number of aryl methyl sites for hydroxylation is 2. The number of likely N-dealkylation sites (N-methyl/N-ethyl adjacent to an activating group) is 1. The fourth-order valence-electron chi connectivity index (χ4n) is 2.40.